The Bertz CT molecular complexity index is 569. The van der Waals surface area contributed by atoms with E-state index in [9.17, 15) is 0 Å². The first-order chi connectivity index (χ1) is 10.9. The first-order valence-corrected chi connectivity index (χ1v) is 8.33. The molecule has 126 valence electrons. The van der Waals surface area contributed by atoms with Gasteiger partial charge in [-0.1, -0.05) is 60.5 Å². The molecule has 0 atom stereocenters. The minimum Gasteiger partial charge on any atom is -0.399 e. The minimum atomic E-state index is 0.301. The third-order valence-corrected chi connectivity index (χ3v) is 4.28. The number of oxime groups is 1. The second-order valence-electron chi connectivity index (χ2n) is 6.88. The van der Waals surface area contributed by atoms with Gasteiger partial charge in [0.2, 0.25) is 0 Å². The summed E-state index contributed by atoms with van der Waals surface area (Å²) in [6.07, 6.45) is 18.2. The topological polar surface area (TPSA) is 21.6 Å². The highest BCUT2D eigenvalue weighted by Crippen LogP contribution is 2.40. The van der Waals surface area contributed by atoms with Gasteiger partial charge in [0.15, 0.2) is 0 Å². The molecule has 0 spiro atoms. The summed E-state index contributed by atoms with van der Waals surface area (Å²) in [4.78, 5) is 4.63. The molecule has 0 heterocycles. The van der Waals surface area contributed by atoms with Crippen LogP contribution in [0, 0.1) is 5.41 Å². The Kier molecular flexibility index (Phi) is 7.80. The smallest absolute Gasteiger partial charge is 0.106 e. The van der Waals surface area contributed by atoms with Gasteiger partial charge in [-0.15, -0.1) is 0 Å². The Balaban J connectivity index is 2.73. The molecule has 0 fully saturated rings. The van der Waals surface area contributed by atoms with E-state index < -0.39 is 0 Å². The average molecular weight is 313 g/mol. The molecule has 0 amide bonds. The normalized spacial score (nSPS) is 20.3. The van der Waals surface area contributed by atoms with Gasteiger partial charge in [-0.2, -0.15) is 0 Å². The molecule has 0 aromatic heterocycles. The van der Waals surface area contributed by atoms with E-state index >= 15 is 0 Å². The van der Waals surface area contributed by atoms with Crippen LogP contribution >= 0.6 is 0 Å². The fourth-order valence-corrected chi connectivity index (χ4v) is 2.90. The van der Waals surface area contributed by atoms with Crippen LogP contribution in [0.15, 0.2) is 63.9 Å². The largest absolute Gasteiger partial charge is 0.399 e. The van der Waals surface area contributed by atoms with E-state index in [1.807, 2.05) is 13.0 Å². The number of allylic oxidation sites excluding steroid dienone is 10. The molecule has 1 aliphatic rings. The van der Waals surface area contributed by atoms with Gasteiger partial charge in [-0.05, 0) is 62.7 Å². The van der Waals surface area contributed by atoms with Crippen LogP contribution in [0.5, 0.6) is 0 Å². The molecule has 1 rings (SSSR count). The van der Waals surface area contributed by atoms with Crippen molar-refractivity contribution in [1.82, 2.24) is 0 Å². The molecule has 0 aromatic carbocycles. The van der Waals surface area contributed by atoms with E-state index in [1.54, 1.807) is 13.3 Å². The van der Waals surface area contributed by atoms with Crippen molar-refractivity contribution >= 4 is 6.21 Å². The first-order valence-electron chi connectivity index (χ1n) is 8.33. The number of hydrogen-bond donors (Lipinski definition) is 0. The van der Waals surface area contributed by atoms with Crippen LogP contribution in [0.3, 0.4) is 0 Å². The summed E-state index contributed by atoms with van der Waals surface area (Å²) in [6, 6.07) is 0. The Labute approximate surface area is 142 Å². The predicted molar refractivity (Wildman–Crippen MR) is 102 cm³/mol. The fraction of sp³-hybridized carbons (Fsp3) is 0.476. The monoisotopic (exact) mass is 313 g/mol. The molecule has 0 saturated heterocycles. The lowest BCUT2D eigenvalue weighted by molar-refractivity contribution is 0.215. The van der Waals surface area contributed by atoms with E-state index in [2.05, 4.69) is 68.1 Å². The summed E-state index contributed by atoms with van der Waals surface area (Å²) in [5.74, 6) is 0. The summed E-state index contributed by atoms with van der Waals surface area (Å²) < 4.78 is 0. The van der Waals surface area contributed by atoms with Gasteiger partial charge in [0.25, 0.3) is 0 Å². The van der Waals surface area contributed by atoms with Crippen molar-refractivity contribution in [3.8, 4) is 0 Å². The van der Waals surface area contributed by atoms with Crippen LogP contribution in [0.25, 0.3) is 0 Å². The molecule has 23 heavy (non-hydrogen) atoms. The Morgan fingerprint density at radius 2 is 1.83 bits per heavy atom. The van der Waals surface area contributed by atoms with E-state index in [1.165, 1.54) is 36.0 Å². The molecule has 0 aromatic rings. The second kappa shape index (κ2) is 9.34. The average Bonchev–Trinajstić information content (AvgIpc) is 2.46. The molecule has 0 N–H and O–H groups in total. The molecular weight excluding hydrogens is 282 g/mol. The van der Waals surface area contributed by atoms with Crippen molar-refractivity contribution in [2.75, 3.05) is 7.11 Å². The SMILES string of the molecule is CO\N=C/C=C(C)/C=C/C=C(C)/C=C/C1=C(C)CCCC1(C)C. The van der Waals surface area contributed by atoms with Crippen LogP contribution in [-0.2, 0) is 4.84 Å². The summed E-state index contributed by atoms with van der Waals surface area (Å²) in [5, 5.41) is 3.69. The van der Waals surface area contributed by atoms with Crippen LogP contribution in [0.2, 0.25) is 0 Å². The van der Waals surface area contributed by atoms with E-state index in [0.29, 0.717) is 5.41 Å². The zero-order valence-electron chi connectivity index (χ0n) is 15.5. The quantitative estimate of drug-likeness (QED) is 0.327. The molecule has 2 heteroatoms. The number of nitrogens with zero attached hydrogens (tertiary/aromatic N) is 1. The second-order valence-corrected chi connectivity index (χ2v) is 6.88. The van der Waals surface area contributed by atoms with Crippen molar-refractivity contribution in [1.29, 1.82) is 0 Å². The van der Waals surface area contributed by atoms with Crippen molar-refractivity contribution < 1.29 is 4.84 Å². The van der Waals surface area contributed by atoms with Gasteiger partial charge in [0, 0.05) is 0 Å². The molecule has 2 nitrogen and oxygen atoms in total. The minimum absolute atomic E-state index is 0.301. The molecule has 0 aliphatic heterocycles. The maximum absolute atomic E-state index is 4.63. The van der Waals surface area contributed by atoms with E-state index in [4.69, 9.17) is 0 Å². The molecule has 1 aliphatic carbocycles. The summed E-state index contributed by atoms with van der Waals surface area (Å²) in [6.45, 7) is 11.1. The van der Waals surface area contributed by atoms with Crippen LogP contribution in [0.4, 0.5) is 0 Å². The van der Waals surface area contributed by atoms with Crippen LogP contribution < -0.4 is 0 Å². The molecule has 0 bridgehead atoms. The maximum Gasteiger partial charge on any atom is 0.106 e. The molecule has 0 saturated carbocycles. The zero-order valence-corrected chi connectivity index (χ0v) is 15.5. The van der Waals surface area contributed by atoms with Gasteiger partial charge in [0.1, 0.15) is 7.11 Å². The highest BCUT2D eigenvalue weighted by atomic mass is 16.6. The highest BCUT2D eigenvalue weighted by molar-refractivity contribution is 5.72. The maximum atomic E-state index is 4.63. The Hall–Kier alpha value is -1.83. The van der Waals surface area contributed by atoms with Crippen LogP contribution in [-0.4, -0.2) is 13.3 Å². The fourth-order valence-electron chi connectivity index (χ4n) is 2.90. The third kappa shape index (κ3) is 6.85. The highest BCUT2D eigenvalue weighted by Gasteiger charge is 2.26. The van der Waals surface area contributed by atoms with E-state index in [-0.39, 0.29) is 0 Å². The summed E-state index contributed by atoms with van der Waals surface area (Å²) in [7, 11) is 1.54. The van der Waals surface area contributed by atoms with Crippen LogP contribution in [0.1, 0.15) is 53.9 Å². The van der Waals surface area contributed by atoms with Gasteiger partial charge >= 0.3 is 0 Å². The number of hydrogen-bond acceptors (Lipinski definition) is 2. The Morgan fingerprint density at radius 3 is 2.48 bits per heavy atom. The first kappa shape index (κ1) is 19.2. The molecular formula is C21H31NO. The Morgan fingerprint density at radius 1 is 1.13 bits per heavy atom. The van der Waals surface area contributed by atoms with Crippen molar-refractivity contribution in [3.63, 3.8) is 0 Å². The lowest BCUT2D eigenvalue weighted by Crippen LogP contribution is -2.19. The van der Waals surface area contributed by atoms with E-state index in [0.717, 1.165) is 5.57 Å². The van der Waals surface area contributed by atoms with Gasteiger partial charge < -0.3 is 4.84 Å². The zero-order chi connectivity index (χ0) is 17.3. The lowest BCUT2D eigenvalue weighted by Gasteiger charge is -2.32. The van der Waals surface area contributed by atoms with Gasteiger partial charge in [-0.25, -0.2) is 0 Å². The molecule has 0 radical (unpaired) electrons. The molecule has 0 unspecified atom stereocenters. The van der Waals surface area contributed by atoms with Crippen molar-refractivity contribution in [2.45, 2.75) is 53.9 Å². The standard InChI is InChI=1S/C21H31NO/c1-17(9-7-10-18(2)14-16-22-23-6)12-13-20-19(3)11-8-15-21(20,4)5/h7,9-10,12-14,16H,8,11,15H2,1-6H3/b10-7+,13-12+,17-9+,18-14+,22-16-. The summed E-state index contributed by atoms with van der Waals surface area (Å²) in [5.41, 5.74) is 5.73. The van der Waals surface area contributed by atoms with Crippen molar-refractivity contribution in [3.05, 3.63) is 58.7 Å². The van der Waals surface area contributed by atoms with Gasteiger partial charge in [0.05, 0.1) is 6.21 Å². The van der Waals surface area contributed by atoms with Crippen molar-refractivity contribution in [2.24, 2.45) is 10.6 Å². The third-order valence-electron chi connectivity index (χ3n) is 4.28. The van der Waals surface area contributed by atoms with Gasteiger partial charge in [-0.3, -0.25) is 0 Å². The number of rotatable bonds is 6. The summed E-state index contributed by atoms with van der Waals surface area (Å²) >= 11 is 0. The lowest BCUT2D eigenvalue weighted by atomic mass is 9.72. The predicted octanol–water partition coefficient (Wildman–Crippen LogP) is 6.15.